The van der Waals surface area contributed by atoms with Gasteiger partial charge >= 0.3 is 0 Å². The summed E-state index contributed by atoms with van der Waals surface area (Å²) in [6.07, 6.45) is 0. The van der Waals surface area contributed by atoms with E-state index in [1.807, 2.05) is 24.3 Å². The van der Waals surface area contributed by atoms with Crippen molar-refractivity contribution < 1.29 is 9.53 Å². The Hall–Kier alpha value is -0.620. The quantitative estimate of drug-likeness (QED) is 0.839. The van der Waals surface area contributed by atoms with Crippen LogP contribution in [0.25, 0.3) is 0 Å². The number of carbonyl (C=O) groups is 1. The van der Waals surface area contributed by atoms with Crippen LogP contribution in [0.5, 0.6) is 0 Å². The van der Waals surface area contributed by atoms with Crippen molar-refractivity contribution in [3.8, 4) is 0 Å². The minimum Gasteiger partial charge on any atom is -0.377 e. The standard InChI is InChI=1S/C10H10INO2/c11-9-4-2-1-3-8(9)10(13)12-7-5-14-6-7/h1-4,7H,5-6H2,(H,12,13). The molecule has 1 N–H and O–H groups in total. The van der Waals surface area contributed by atoms with Crippen molar-refractivity contribution >= 4 is 28.5 Å². The average Bonchev–Trinajstić information content (AvgIpc) is 2.12. The second-order valence-electron chi connectivity index (χ2n) is 3.19. The smallest absolute Gasteiger partial charge is 0.252 e. The molecule has 3 nitrogen and oxygen atoms in total. The average molecular weight is 303 g/mol. The normalized spacial score (nSPS) is 16.1. The highest BCUT2D eigenvalue weighted by atomic mass is 127. The molecule has 1 aromatic rings. The van der Waals surface area contributed by atoms with Crippen LogP contribution in [0, 0.1) is 3.57 Å². The fraction of sp³-hybridized carbons (Fsp3) is 0.300. The van der Waals surface area contributed by atoms with Crippen LogP contribution >= 0.6 is 22.6 Å². The van der Waals surface area contributed by atoms with Gasteiger partial charge in [0.1, 0.15) is 0 Å². The molecule has 1 aliphatic rings. The van der Waals surface area contributed by atoms with Gasteiger partial charge in [-0.15, -0.1) is 0 Å². The van der Waals surface area contributed by atoms with Crippen molar-refractivity contribution in [3.05, 3.63) is 33.4 Å². The van der Waals surface area contributed by atoms with Gasteiger partial charge in [-0.05, 0) is 34.7 Å². The summed E-state index contributed by atoms with van der Waals surface area (Å²) in [6, 6.07) is 7.74. The molecule has 0 radical (unpaired) electrons. The van der Waals surface area contributed by atoms with Gasteiger partial charge in [0.15, 0.2) is 0 Å². The van der Waals surface area contributed by atoms with E-state index in [2.05, 4.69) is 27.9 Å². The maximum Gasteiger partial charge on any atom is 0.252 e. The molecule has 4 heteroatoms. The number of benzene rings is 1. The summed E-state index contributed by atoms with van der Waals surface area (Å²) in [5.41, 5.74) is 0.736. The Balaban J connectivity index is 2.06. The van der Waals surface area contributed by atoms with Crippen LogP contribution in [-0.4, -0.2) is 25.2 Å². The molecule has 0 bridgehead atoms. The first-order valence-electron chi connectivity index (χ1n) is 4.40. The van der Waals surface area contributed by atoms with Crippen LogP contribution in [0.1, 0.15) is 10.4 Å². The molecule has 1 amide bonds. The zero-order valence-corrected chi connectivity index (χ0v) is 9.65. The van der Waals surface area contributed by atoms with Gasteiger partial charge in [-0.3, -0.25) is 4.79 Å². The number of halogens is 1. The van der Waals surface area contributed by atoms with E-state index in [0.29, 0.717) is 13.2 Å². The SMILES string of the molecule is O=C(NC1COC1)c1ccccc1I. The van der Waals surface area contributed by atoms with Gasteiger partial charge in [0.2, 0.25) is 0 Å². The molecule has 0 spiro atoms. The molecule has 0 unspecified atom stereocenters. The van der Waals surface area contributed by atoms with E-state index in [4.69, 9.17) is 4.74 Å². The third-order valence-electron chi connectivity index (χ3n) is 2.09. The van der Waals surface area contributed by atoms with Crippen molar-refractivity contribution in [1.82, 2.24) is 5.32 Å². The van der Waals surface area contributed by atoms with Gasteiger partial charge in [-0.25, -0.2) is 0 Å². The van der Waals surface area contributed by atoms with Gasteiger partial charge in [-0.1, -0.05) is 12.1 Å². The van der Waals surface area contributed by atoms with E-state index >= 15 is 0 Å². The first-order chi connectivity index (χ1) is 6.77. The molecule has 1 saturated heterocycles. The summed E-state index contributed by atoms with van der Waals surface area (Å²) in [5.74, 6) is -0.0108. The molecule has 0 atom stereocenters. The van der Waals surface area contributed by atoms with E-state index in [1.165, 1.54) is 0 Å². The van der Waals surface area contributed by atoms with Gasteiger partial charge in [0, 0.05) is 3.57 Å². The number of rotatable bonds is 2. The predicted molar refractivity (Wildman–Crippen MR) is 61.2 cm³/mol. The lowest BCUT2D eigenvalue weighted by molar-refractivity contribution is -0.00347. The number of hydrogen-bond donors (Lipinski definition) is 1. The van der Waals surface area contributed by atoms with Crippen LogP contribution in [0.3, 0.4) is 0 Å². The lowest BCUT2D eigenvalue weighted by Gasteiger charge is -2.26. The first kappa shape index (κ1) is 9.92. The molecule has 0 saturated carbocycles. The van der Waals surface area contributed by atoms with Crippen molar-refractivity contribution in [2.24, 2.45) is 0 Å². The van der Waals surface area contributed by atoms with Crippen molar-refractivity contribution in [1.29, 1.82) is 0 Å². The summed E-state index contributed by atoms with van der Waals surface area (Å²) in [6.45, 7) is 1.27. The van der Waals surface area contributed by atoms with Crippen molar-refractivity contribution in [2.45, 2.75) is 6.04 Å². The molecule has 0 aromatic heterocycles. The topological polar surface area (TPSA) is 38.3 Å². The Kier molecular flexibility index (Phi) is 3.02. The van der Waals surface area contributed by atoms with E-state index in [1.54, 1.807) is 0 Å². The summed E-state index contributed by atoms with van der Waals surface area (Å²) in [5, 5.41) is 2.90. The molecule has 14 heavy (non-hydrogen) atoms. The molecule has 1 fully saturated rings. The minimum atomic E-state index is -0.0108. The third kappa shape index (κ3) is 2.06. The van der Waals surface area contributed by atoms with Gasteiger partial charge in [-0.2, -0.15) is 0 Å². The summed E-state index contributed by atoms with van der Waals surface area (Å²) in [4.78, 5) is 11.7. The molecule has 1 heterocycles. The molecule has 2 rings (SSSR count). The van der Waals surface area contributed by atoms with Crippen LogP contribution < -0.4 is 5.32 Å². The van der Waals surface area contributed by atoms with E-state index < -0.39 is 0 Å². The maximum absolute atomic E-state index is 11.7. The second-order valence-corrected chi connectivity index (χ2v) is 4.35. The number of amides is 1. The largest absolute Gasteiger partial charge is 0.377 e. The molecule has 1 aliphatic heterocycles. The van der Waals surface area contributed by atoms with Crippen LogP contribution in [0.2, 0.25) is 0 Å². The zero-order chi connectivity index (χ0) is 9.97. The number of hydrogen-bond acceptors (Lipinski definition) is 2. The van der Waals surface area contributed by atoms with E-state index in [-0.39, 0.29) is 11.9 Å². The fourth-order valence-electron chi connectivity index (χ4n) is 1.23. The Bertz CT molecular complexity index is 350. The number of carbonyl (C=O) groups excluding carboxylic acids is 1. The van der Waals surface area contributed by atoms with Crippen molar-refractivity contribution in [3.63, 3.8) is 0 Å². The van der Waals surface area contributed by atoms with Crippen molar-refractivity contribution in [2.75, 3.05) is 13.2 Å². The zero-order valence-electron chi connectivity index (χ0n) is 7.50. The van der Waals surface area contributed by atoms with E-state index in [9.17, 15) is 4.79 Å². The second kappa shape index (κ2) is 4.27. The first-order valence-corrected chi connectivity index (χ1v) is 5.48. The Labute approximate surface area is 96.0 Å². The predicted octanol–water partition coefficient (Wildman–Crippen LogP) is 1.42. The summed E-state index contributed by atoms with van der Waals surface area (Å²) in [7, 11) is 0. The Morgan fingerprint density at radius 1 is 1.43 bits per heavy atom. The molecular formula is C10H10INO2. The summed E-state index contributed by atoms with van der Waals surface area (Å²) < 4.78 is 5.96. The van der Waals surface area contributed by atoms with E-state index in [0.717, 1.165) is 9.13 Å². The third-order valence-corrected chi connectivity index (χ3v) is 3.03. The Morgan fingerprint density at radius 3 is 2.71 bits per heavy atom. The fourth-order valence-corrected chi connectivity index (χ4v) is 1.86. The van der Waals surface area contributed by atoms with Gasteiger partial charge in [0.05, 0.1) is 24.8 Å². The lowest BCUT2D eigenvalue weighted by atomic mass is 10.2. The Morgan fingerprint density at radius 2 is 2.14 bits per heavy atom. The van der Waals surface area contributed by atoms with Crippen LogP contribution in [0.15, 0.2) is 24.3 Å². The van der Waals surface area contributed by atoms with Gasteiger partial charge < -0.3 is 10.1 Å². The molecule has 0 aliphatic carbocycles. The van der Waals surface area contributed by atoms with Gasteiger partial charge in [0.25, 0.3) is 5.91 Å². The minimum absolute atomic E-state index is 0.0108. The lowest BCUT2D eigenvalue weighted by Crippen LogP contribution is -2.48. The van der Waals surface area contributed by atoms with Crippen LogP contribution in [-0.2, 0) is 4.74 Å². The highest BCUT2D eigenvalue weighted by Gasteiger charge is 2.21. The maximum atomic E-state index is 11.7. The molecule has 74 valence electrons. The monoisotopic (exact) mass is 303 g/mol. The highest BCUT2D eigenvalue weighted by Crippen LogP contribution is 2.12. The highest BCUT2D eigenvalue weighted by molar-refractivity contribution is 14.1. The summed E-state index contributed by atoms with van der Waals surface area (Å²) >= 11 is 2.16. The molecule has 1 aromatic carbocycles. The number of ether oxygens (including phenoxy) is 1. The number of nitrogens with one attached hydrogen (secondary N) is 1. The molecular weight excluding hydrogens is 293 g/mol. The van der Waals surface area contributed by atoms with Crippen LogP contribution in [0.4, 0.5) is 0 Å².